The van der Waals surface area contributed by atoms with Crippen LogP contribution in [0.5, 0.6) is 0 Å². The van der Waals surface area contributed by atoms with Crippen LogP contribution in [0.3, 0.4) is 0 Å². The molecule has 1 aliphatic heterocycles. The van der Waals surface area contributed by atoms with E-state index in [-0.39, 0.29) is 11.9 Å². The minimum atomic E-state index is -0.119. The molecule has 1 saturated heterocycles. The van der Waals surface area contributed by atoms with E-state index in [1.807, 2.05) is 6.07 Å². The van der Waals surface area contributed by atoms with E-state index >= 15 is 0 Å². The summed E-state index contributed by atoms with van der Waals surface area (Å²) in [6, 6.07) is 27.8. The number of likely N-dealkylation sites (tertiary alicyclic amines) is 1. The SMILES string of the molecule is CCCC(NCc1cccc(-c2ccccc2)c1)C(=O)N1CCC(c2ccc(C)cc2)CC1. The van der Waals surface area contributed by atoms with Crippen molar-refractivity contribution in [1.29, 1.82) is 0 Å². The molecular weight excluding hydrogens is 404 g/mol. The first-order valence-electron chi connectivity index (χ1n) is 12.4. The molecule has 172 valence electrons. The molecule has 0 aromatic heterocycles. The number of aryl methyl sites for hydroxylation is 1. The van der Waals surface area contributed by atoms with E-state index in [4.69, 9.17) is 0 Å². The van der Waals surface area contributed by atoms with E-state index in [9.17, 15) is 4.79 Å². The van der Waals surface area contributed by atoms with Gasteiger partial charge < -0.3 is 10.2 Å². The number of hydrogen-bond acceptors (Lipinski definition) is 2. The van der Waals surface area contributed by atoms with Crippen LogP contribution in [0.4, 0.5) is 0 Å². The lowest BCUT2D eigenvalue weighted by Gasteiger charge is -2.34. The monoisotopic (exact) mass is 440 g/mol. The van der Waals surface area contributed by atoms with Gasteiger partial charge in [-0.15, -0.1) is 0 Å². The van der Waals surface area contributed by atoms with E-state index < -0.39 is 0 Å². The van der Waals surface area contributed by atoms with Crippen molar-refractivity contribution < 1.29 is 4.79 Å². The van der Waals surface area contributed by atoms with Crippen molar-refractivity contribution in [2.24, 2.45) is 0 Å². The summed E-state index contributed by atoms with van der Waals surface area (Å²) in [6.07, 6.45) is 3.96. The molecule has 1 fully saturated rings. The van der Waals surface area contributed by atoms with Gasteiger partial charge in [0.2, 0.25) is 5.91 Å². The number of amides is 1. The normalized spacial score (nSPS) is 15.4. The van der Waals surface area contributed by atoms with Crippen LogP contribution in [0.1, 0.15) is 55.2 Å². The maximum atomic E-state index is 13.3. The minimum absolute atomic E-state index is 0.119. The first-order valence-corrected chi connectivity index (χ1v) is 12.4. The van der Waals surface area contributed by atoms with Gasteiger partial charge in [0.15, 0.2) is 0 Å². The van der Waals surface area contributed by atoms with Gasteiger partial charge in [-0.05, 0) is 60.4 Å². The van der Waals surface area contributed by atoms with Crippen LogP contribution in [0.2, 0.25) is 0 Å². The van der Waals surface area contributed by atoms with Crippen molar-refractivity contribution in [3.8, 4) is 11.1 Å². The highest BCUT2D eigenvalue weighted by Crippen LogP contribution is 2.28. The van der Waals surface area contributed by atoms with E-state index in [0.29, 0.717) is 12.5 Å². The molecule has 1 N–H and O–H groups in total. The van der Waals surface area contributed by atoms with Crippen LogP contribution in [-0.2, 0) is 11.3 Å². The molecule has 1 amide bonds. The van der Waals surface area contributed by atoms with E-state index in [1.165, 1.54) is 27.8 Å². The van der Waals surface area contributed by atoms with Crippen molar-refractivity contribution in [3.05, 3.63) is 95.6 Å². The number of hydrogen-bond donors (Lipinski definition) is 1. The van der Waals surface area contributed by atoms with Gasteiger partial charge in [0.05, 0.1) is 6.04 Å². The summed E-state index contributed by atoms with van der Waals surface area (Å²) in [4.78, 5) is 15.4. The highest BCUT2D eigenvalue weighted by Gasteiger charge is 2.28. The topological polar surface area (TPSA) is 32.3 Å². The van der Waals surface area contributed by atoms with Crippen molar-refractivity contribution >= 4 is 5.91 Å². The summed E-state index contributed by atoms with van der Waals surface area (Å²) in [5, 5.41) is 3.57. The number of piperidine rings is 1. The average molecular weight is 441 g/mol. The third-order valence-corrected chi connectivity index (χ3v) is 6.82. The first-order chi connectivity index (χ1) is 16.1. The highest BCUT2D eigenvalue weighted by atomic mass is 16.2. The first kappa shape index (κ1) is 23.3. The van der Waals surface area contributed by atoms with Crippen LogP contribution in [0.15, 0.2) is 78.9 Å². The second kappa shape index (κ2) is 11.3. The van der Waals surface area contributed by atoms with Crippen molar-refractivity contribution in [2.75, 3.05) is 13.1 Å². The van der Waals surface area contributed by atoms with Crippen molar-refractivity contribution in [2.45, 2.75) is 58.0 Å². The standard InChI is InChI=1S/C30H36N2O/c1-3-8-29(31-22-24-9-7-12-28(21-24)25-10-5-4-6-11-25)30(33)32-19-17-27(18-20-32)26-15-13-23(2)14-16-26/h4-7,9-16,21,27,29,31H,3,8,17-20,22H2,1-2H3. The van der Waals surface area contributed by atoms with Crippen LogP contribution in [0, 0.1) is 6.92 Å². The molecule has 4 rings (SSSR count). The Bertz CT molecular complexity index is 1020. The Morgan fingerprint density at radius 2 is 1.64 bits per heavy atom. The summed E-state index contributed by atoms with van der Waals surface area (Å²) in [5.74, 6) is 0.825. The van der Waals surface area contributed by atoms with E-state index in [1.54, 1.807) is 0 Å². The maximum Gasteiger partial charge on any atom is 0.239 e. The summed E-state index contributed by atoms with van der Waals surface area (Å²) in [5.41, 5.74) is 6.36. The lowest BCUT2D eigenvalue weighted by atomic mass is 9.88. The Kier molecular flexibility index (Phi) is 7.96. The molecule has 1 aliphatic rings. The third kappa shape index (κ3) is 6.11. The average Bonchev–Trinajstić information content (AvgIpc) is 2.87. The highest BCUT2D eigenvalue weighted by molar-refractivity contribution is 5.82. The number of benzene rings is 3. The molecule has 1 atom stereocenters. The maximum absolute atomic E-state index is 13.3. The largest absolute Gasteiger partial charge is 0.341 e. The fourth-order valence-corrected chi connectivity index (χ4v) is 4.83. The molecule has 0 aliphatic carbocycles. The van der Waals surface area contributed by atoms with Gasteiger partial charge in [0.25, 0.3) is 0 Å². The molecule has 3 nitrogen and oxygen atoms in total. The molecule has 0 radical (unpaired) electrons. The molecular formula is C30H36N2O. The Morgan fingerprint density at radius 3 is 2.33 bits per heavy atom. The smallest absolute Gasteiger partial charge is 0.239 e. The molecule has 0 bridgehead atoms. The number of carbonyl (C=O) groups is 1. The fourth-order valence-electron chi connectivity index (χ4n) is 4.83. The molecule has 3 heteroatoms. The van der Waals surface area contributed by atoms with E-state index in [2.05, 4.69) is 96.9 Å². The zero-order chi connectivity index (χ0) is 23.0. The summed E-state index contributed by atoms with van der Waals surface area (Å²) in [7, 11) is 0. The Morgan fingerprint density at radius 1 is 0.939 bits per heavy atom. The molecule has 3 aromatic carbocycles. The van der Waals surface area contributed by atoms with Crippen molar-refractivity contribution in [1.82, 2.24) is 10.2 Å². The predicted octanol–water partition coefficient (Wildman–Crippen LogP) is 6.33. The Balaban J connectivity index is 1.35. The number of nitrogens with one attached hydrogen (secondary N) is 1. The number of carbonyl (C=O) groups excluding carboxylic acids is 1. The molecule has 1 unspecified atom stereocenters. The number of nitrogens with zero attached hydrogens (tertiary/aromatic N) is 1. The van der Waals surface area contributed by atoms with Gasteiger partial charge in [-0.1, -0.05) is 91.7 Å². The molecule has 3 aromatic rings. The van der Waals surface area contributed by atoms with Gasteiger partial charge >= 0.3 is 0 Å². The van der Waals surface area contributed by atoms with Gasteiger partial charge in [0.1, 0.15) is 0 Å². The van der Waals surface area contributed by atoms with E-state index in [0.717, 1.165) is 38.8 Å². The molecule has 0 spiro atoms. The fraction of sp³-hybridized carbons (Fsp3) is 0.367. The van der Waals surface area contributed by atoms with Crippen LogP contribution in [-0.4, -0.2) is 29.9 Å². The minimum Gasteiger partial charge on any atom is -0.341 e. The summed E-state index contributed by atoms with van der Waals surface area (Å²) >= 11 is 0. The zero-order valence-corrected chi connectivity index (χ0v) is 20.0. The lowest BCUT2D eigenvalue weighted by Crippen LogP contribution is -2.48. The van der Waals surface area contributed by atoms with Gasteiger partial charge in [-0.2, -0.15) is 0 Å². The molecule has 33 heavy (non-hydrogen) atoms. The molecule has 1 heterocycles. The van der Waals surface area contributed by atoms with Crippen molar-refractivity contribution in [3.63, 3.8) is 0 Å². The van der Waals surface area contributed by atoms with Gasteiger partial charge in [-0.25, -0.2) is 0 Å². The molecule has 0 saturated carbocycles. The van der Waals surface area contributed by atoms with Crippen LogP contribution in [0.25, 0.3) is 11.1 Å². The Labute approximate surface area is 198 Å². The second-order valence-electron chi connectivity index (χ2n) is 9.30. The second-order valence-corrected chi connectivity index (χ2v) is 9.30. The van der Waals surface area contributed by atoms with Crippen LogP contribution < -0.4 is 5.32 Å². The summed E-state index contributed by atoms with van der Waals surface area (Å²) in [6.45, 7) is 6.69. The third-order valence-electron chi connectivity index (χ3n) is 6.82. The lowest BCUT2D eigenvalue weighted by molar-refractivity contribution is -0.134. The Hall–Kier alpha value is -2.91. The zero-order valence-electron chi connectivity index (χ0n) is 20.0. The van der Waals surface area contributed by atoms with Gasteiger partial charge in [-0.3, -0.25) is 4.79 Å². The predicted molar refractivity (Wildman–Crippen MR) is 137 cm³/mol. The number of rotatable bonds is 8. The quantitative estimate of drug-likeness (QED) is 0.444. The van der Waals surface area contributed by atoms with Crippen LogP contribution >= 0.6 is 0 Å². The summed E-state index contributed by atoms with van der Waals surface area (Å²) < 4.78 is 0. The van der Waals surface area contributed by atoms with Gasteiger partial charge in [0, 0.05) is 19.6 Å².